The average Bonchev–Trinajstić information content (AvgIpc) is 2.77. The predicted molar refractivity (Wildman–Crippen MR) is 76.1 cm³/mol. The molecule has 110 valence electrons. The second-order valence-electron chi connectivity index (χ2n) is 5.63. The lowest BCUT2D eigenvalue weighted by molar-refractivity contribution is -0.145. The first-order valence-electron chi connectivity index (χ1n) is 6.60. The van der Waals surface area contributed by atoms with Gasteiger partial charge in [-0.1, -0.05) is 0 Å². The lowest BCUT2D eigenvalue weighted by Gasteiger charge is -2.39. The van der Waals surface area contributed by atoms with Gasteiger partial charge in [-0.3, -0.25) is 19.8 Å². The number of hydrogen-bond acceptors (Lipinski definition) is 6. The van der Waals surface area contributed by atoms with E-state index in [1.165, 1.54) is 0 Å². The molecule has 21 heavy (non-hydrogen) atoms. The van der Waals surface area contributed by atoms with E-state index in [0.29, 0.717) is 22.7 Å². The third-order valence-corrected chi connectivity index (χ3v) is 3.72. The van der Waals surface area contributed by atoms with Crippen molar-refractivity contribution in [2.24, 2.45) is 0 Å². The molecular formula is C14H16N4O3. The Morgan fingerprint density at radius 1 is 1.43 bits per heavy atom. The Labute approximate surface area is 121 Å². The van der Waals surface area contributed by atoms with E-state index in [1.54, 1.807) is 36.9 Å². The molecule has 1 aliphatic heterocycles. The van der Waals surface area contributed by atoms with E-state index in [4.69, 9.17) is 10.2 Å². The van der Waals surface area contributed by atoms with Gasteiger partial charge in [-0.2, -0.15) is 0 Å². The highest BCUT2D eigenvalue weighted by atomic mass is 16.3. The van der Waals surface area contributed by atoms with E-state index in [9.17, 15) is 9.59 Å². The topological polar surface area (TPSA) is 101 Å². The van der Waals surface area contributed by atoms with Gasteiger partial charge in [0.05, 0.1) is 18.6 Å². The minimum Gasteiger partial charge on any atom is -0.439 e. The minimum atomic E-state index is -0.798. The molecule has 0 spiro atoms. The summed E-state index contributed by atoms with van der Waals surface area (Å²) in [5.41, 5.74) is 6.79. The Kier molecular flexibility index (Phi) is 2.94. The highest BCUT2D eigenvalue weighted by molar-refractivity contribution is 6.02. The van der Waals surface area contributed by atoms with Crippen molar-refractivity contribution >= 4 is 28.6 Å². The monoisotopic (exact) mass is 288 g/mol. The molecule has 0 atom stereocenters. The Balaban J connectivity index is 1.89. The first-order chi connectivity index (χ1) is 9.86. The van der Waals surface area contributed by atoms with Gasteiger partial charge in [0, 0.05) is 11.8 Å². The zero-order valence-corrected chi connectivity index (χ0v) is 11.8. The van der Waals surface area contributed by atoms with E-state index in [2.05, 4.69) is 10.3 Å². The maximum absolute atomic E-state index is 11.9. The van der Waals surface area contributed by atoms with Gasteiger partial charge < -0.3 is 10.2 Å². The zero-order valence-electron chi connectivity index (χ0n) is 11.8. The summed E-state index contributed by atoms with van der Waals surface area (Å²) in [7, 11) is 0. The van der Waals surface area contributed by atoms with Crippen molar-refractivity contribution in [2.45, 2.75) is 25.9 Å². The van der Waals surface area contributed by atoms with E-state index in [1.807, 2.05) is 0 Å². The molecule has 7 heteroatoms. The smallest absolute Gasteiger partial charge is 0.246 e. The number of imide groups is 1. The third kappa shape index (κ3) is 2.36. The van der Waals surface area contributed by atoms with Crippen LogP contribution in [0, 0.1) is 0 Å². The van der Waals surface area contributed by atoms with Crippen LogP contribution in [0.1, 0.15) is 19.7 Å². The number of rotatable bonds is 2. The van der Waals surface area contributed by atoms with Crippen molar-refractivity contribution in [3.05, 3.63) is 24.1 Å². The molecule has 2 amide bonds. The number of hydrogen-bond donors (Lipinski definition) is 2. The van der Waals surface area contributed by atoms with Crippen molar-refractivity contribution in [1.29, 1.82) is 0 Å². The Hall–Kier alpha value is -2.41. The Morgan fingerprint density at radius 2 is 2.19 bits per heavy atom. The maximum atomic E-state index is 11.9. The van der Waals surface area contributed by atoms with Gasteiger partial charge in [0.1, 0.15) is 5.52 Å². The van der Waals surface area contributed by atoms with Gasteiger partial charge in [0.2, 0.25) is 17.7 Å². The van der Waals surface area contributed by atoms with Crippen LogP contribution in [0.5, 0.6) is 0 Å². The predicted octanol–water partition coefficient (Wildman–Crippen LogP) is 0.647. The summed E-state index contributed by atoms with van der Waals surface area (Å²) in [5, 5.41) is 2.33. The summed E-state index contributed by atoms with van der Waals surface area (Å²) in [6, 6.07) is 5.22. The van der Waals surface area contributed by atoms with Crippen LogP contribution in [0.15, 0.2) is 22.6 Å². The van der Waals surface area contributed by atoms with E-state index in [-0.39, 0.29) is 24.9 Å². The van der Waals surface area contributed by atoms with Gasteiger partial charge in [0.15, 0.2) is 5.58 Å². The van der Waals surface area contributed by atoms with Crippen LogP contribution in [0.3, 0.4) is 0 Å². The van der Waals surface area contributed by atoms with Crippen LogP contribution >= 0.6 is 0 Å². The molecule has 1 saturated heterocycles. The number of benzene rings is 1. The number of aromatic nitrogens is 1. The second kappa shape index (κ2) is 4.56. The molecule has 3 N–H and O–H groups in total. The molecule has 1 aliphatic rings. The molecule has 0 unspecified atom stereocenters. The summed E-state index contributed by atoms with van der Waals surface area (Å²) in [6.45, 7) is 3.92. The number of anilines is 1. The lowest BCUT2D eigenvalue weighted by Crippen LogP contribution is -2.63. The fourth-order valence-electron chi connectivity index (χ4n) is 2.31. The van der Waals surface area contributed by atoms with Gasteiger partial charge in [0.25, 0.3) is 0 Å². The molecule has 0 aliphatic carbocycles. The third-order valence-electron chi connectivity index (χ3n) is 3.72. The molecule has 3 rings (SSSR count). The molecule has 0 bridgehead atoms. The van der Waals surface area contributed by atoms with Crippen molar-refractivity contribution in [3.8, 4) is 0 Å². The second-order valence-corrected chi connectivity index (χ2v) is 5.63. The normalized spacial score (nSPS) is 19.0. The minimum absolute atomic E-state index is 0.125. The summed E-state index contributed by atoms with van der Waals surface area (Å²) >= 11 is 0. The SMILES string of the molecule is CC1(C)C(=O)NC(=O)CN1Cc1nc2ccc(N)cc2o1. The summed E-state index contributed by atoms with van der Waals surface area (Å²) in [4.78, 5) is 29.5. The van der Waals surface area contributed by atoms with Crippen molar-refractivity contribution in [2.75, 3.05) is 12.3 Å². The van der Waals surface area contributed by atoms with Crippen LogP contribution in [-0.2, 0) is 16.1 Å². The van der Waals surface area contributed by atoms with Gasteiger partial charge >= 0.3 is 0 Å². The molecule has 2 aromatic rings. The largest absolute Gasteiger partial charge is 0.439 e. The number of fused-ring (bicyclic) bond motifs is 1. The van der Waals surface area contributed by atoms with E-state index < -0.39 is 5.54 Å². The molecule has 0 saturated carbocycles. The fourth-order valence-corrected chi connectivity index (χ4v) is 2.31. The number of amides is 2. The molecular weight excluding hydrogens is 272 g/mol. The van der Waals surface area contributed by atoms with Crippen molar-refractivity contribution < 1.29 is 14.0 Å². The van der Waals surface area contributed by atoms with Crippen LogP contribution in [0.2, 0.25) is 0 Å². The van der Waals surface area contributed by atoms with Crippen LogP contribution in [0.25, 0.3) is 11.1 Å². The van der Waals surface area contributed by atoms with Gasteiger partial charge in [-0.05, 0) is 26.0 Å². The Bertz CT molecular complexity index is 735. The molecule has 0 radical (unpaired) electrons. The van der Waals surface area contributed by atoms with Gasteiger partial charge in [-0.25, -0.2) is 4.98 Å². The number of carbonyl (C=O) groups is 2. The number of nitrogens with zero attached hydrogens (tertiary/aromatic N) is 2. The molecule has 1 aromatic heterocycles. The Morgan fingerprint density at radius 3 is 2.95 bits per heavy atom. The summed E-state index contributed by atoms with van der Waals surface area (Å²) in [5.74, 6) is -0.190. The maximum Gasteiger partial charge on any atom is 0.246 e. The highest BCUT2D eigenvalue weighted by Crippen LogP contribution is 2.23. The summed E-state index contributed by atoms with van der Waals surface area (Å²) < 4.78 is 5.64. The van der Waals surface area contributed by atoms with Crippen LogP contribution in [-0.4, -0.2) is 33.8 Å². The molecule has 1 aromatic carbocycles. The summed E-state index contributed by atoms with van der Waals surface area (Å²) in [6.07, 6.45) is 0. The van der Waals surface area contributed by atoms with Crippen molar-refractivity contribution in [1.82, 2.24) is 15.2 Å². The molecule has 2 heterocycles. The van der Waals surface area contributed by atoms with E-state index >= 15 is 0 Å². The average molecular weight is 288 g/mol. The highest BCUT2D eigenvalue weighted by Gasteiger charge is 2.41. The van der Waals surface area contributed by atoms with Crippen LogP contribution < -0.4 is 11.1 Å². The van der Waals surface area contributed by atoms with Crippen molar-refractivity contribution in [3.63, 3.8) is 0 Å². The number of piperazine rings is 1. The zero-order chi connectivity index (χ0) is 15.2. The first kappa shape index (κ1) is 13.6. The number of nitrogens with two attached hydrogens (primary N) is 1. The lowest BCUT2D eigenvalue weighted by atomic mass is 9.99. The molecule has 7 nitrogen and oxygen atoms in total. The first-order valence-corrected chi connectivity index (χ1v) is 6.60. The number of nitrogens with one attached hydrogen (secondary N) is 1. The molecule has 1 fully saturated rings. The number of oxazole rings is 1. The quantitative estimate of drug-likeness (QED) is 0.621. The fraction of sp³-hybridized carbons (Fsp3) is 0.357. The van der Waals surface area contributed by atoms with E-state index in [0.717, 1.165) is 0 Å². The van der Waals surface area contributed by atoms with Crippen LogP contribution in [0.4, 0.5) is 5.69 Å². The number of nitrogen functional groups attached to an aromatic ring is 1. The van der Waals surface area contributed by atoms with Gasteiger partial charge in [-0.15, -0.1) is 0 Å². The standard InChI is InChI=1S/C14H16N4O3/c1-14(2)13(20)17-11(19)6-18(14)7-12-16-9-4-3-8(15)5-10(9)21-12/h3-5H,6-7,15H2,1-2H3,(H,17,19,20). The number of carbonyl (C=O) groups excluding carboxylic acids is 2.